The zero-order valence-electron chi connectivity index (χ0n) is 12.5. The molecule has 7 nitrogen and oxygen atoms in total. The van der Waals surface area contributed by atoms with Gasteiger partial charge in [0.05, 0.1) is 11.1 Å². The summed E-state index contributed by atoms with van der Waals surface area (Å²) in [6.07, 6.45) is 1.63. The van der Waals surface area contributed by atoms with Gasteiger partial charge < -0.3 is 5.11 Å². The molecule has 1 N–H and O–H groups in total. The Labute approximate surface area is 132 Å². The summed E-state index contributed by atoms with van der Waals surface area (Å²) in [7, 11) is 0. The summed E-state index contributed by atoms with van der Waals surface area (Å²) in [5.74, 6) is -1.19. The van der Waals surface area contributed by atoms with Crippen LogP contribution in [0.15, 0.2) is 47.4 Å². The van der Waals surface area contributed by atoms with Crippen LogP contribution in [-0.4, -0.2) is 20.6 Å². The molecule has 1 atom stereocenters. The average molecular weight is 316 g/mol. The molecular formula is C16H16N2O5. The van der Waals surface area contributed by atoms with E-state index in [1.165, 1.54) is 6.92 Å². The van der Waals surface area contributed by atoms with Gasteiger partial charge in [-0.15, -0.1) is 0 Å². The van der Waals surface area contributed by atoms with E-state index in [0.29, 0.717) is 6.42 Å². The standard InChI is InChI=1S/C16H16N2O5/c1-11-9-15(19)17(10-14(11)18(22)23)13(16(20)21)8-7-12-5-3-2-4-6-12/h2-6,9-10,13H,7-8H2,1H3,(H,20,21). The normalized spacial score (nSPS) is 11.9. The fourth-order valence-corrected chi connectivity index (χ4v) is 2.40. The van der Waals surface area contributed by atoms with Crippen LogP contribution in [0.25, 0.3) is 0 Å². The highest BCUT2D eigenvalue weighted by Gasteiger charge is 2.24. The molecule has 1 heterocycles. The summed E-state index contributed by atoms with van der Waals surface area (Å²) in [5.41, 5.74) is 0.320. The van der Waals surface area contributed by atoms with Crippen LogP contribution in [0.3, 0.4) is 0 Å². The molecule has 0 spiro atoms. The van der Waals surface area contributed by atoms with Crippen molar-refractivity contribution in [2.24, 2.45) is 0 Å². The second-order valence-corrected chi connectivity index (χ2v) is 5.22. The molecule has 0 bridgehead atoms. The monoisotopic (exact) mass is 316 g/mol. The molecule has 0 aliphatic rings. The first-order valence-corrected chi connectivity index (χ1v) is 7.04. The van der Waals surface area contributed by atoms with E-state index in [4.69, 9.17) is 0 Å². The number of aliphatic carboxylic acids is 1. The molecule has 23 heavy (non-hydrogen) atoms. The van der Waals surface area contributed by atoms with E-state index < -0.39 is 22.5 Å². The van der Waals surface area contributed by atoms with E-state index in [2.05, 4.69) is 0 Å². The number of aryl methyl sites for hydroxylation is 2. The molecule has 0 aliphatic heterocycles. The van der Waals surface area contributed by atoms with Crippen molar-refractivity contribution in [2.75, 3.05) is 0 Å². The van der Waals surface area contributed by atoms with Crippen molar-refractivity contribution in [3.05, 3.63) is 74.2 Å². The fourth-order valence-electron chi connectivity index (χ4n) is 2.40. The minimum absolute atomic E-state index is 0.166. The van der Waals surface area contributed by atoms with Crippen LogP contribution in [0.1, 0.15) is 23.6 Å². The summed E-state index contributed by atoms with van der Waals surface area (Å²) in [5, 5.41) is 20.4. The zero-order valence-corrected chi connectivity index (χ0v) is 12.5. The average Bonchev–Trinajstić information content (AvgIpc) is 2.49. The molecule has 1 unspecified atom stereocenters. The number of hydrogen-bond acceptors (Lipinski definition) is 4. The van der Waals surface area contributed by atoms with E-state index in [1.807, 2.05) is 30.3 Å². The number of nitrogens with zero attached hydrogens (tertiary/aromatic N) is 2. The summed E-state index contributed by atoms with van der Waals surface area (Å²) < 4.78 is 0.927. The quantitative estimate of drug-likeness (QED) is 0.651. The van der Waals surface area contributed by atoms with Gasteiger partial charge >= 0.3 is 5.97 Å². The molecule has 1 aromatic heterocycles. The highest BCUT2D eigenvalue weighted by atomic mass is 16.6. The fraction of sp³-hybridized carbons (Fsp3) is 0.250. The number of hydrogen-bond donors (Lipinski definition) is 1. The lowest BCUT2D eigenvalue weighted by Crippen LogP contribution is -2.30. The molecular weight excluding hydrogens is 300 g/mol. The Morgan fingerprint density at radius 1 is 1.35 bits per heavy atom. The van der Waals surface area contributed by atoms with Gasteiger partial charge in [0.2, 0.25) is 0 Å². The Bertz CT molecular complexity index is 783. The maximum absolute atomic E-state index is 12.0. The van der Waals surface area contributed by atoms with Gasteiger partial charge in [0.1, 0.15) is 6.04 Å². The number of pyridine rings is 1. The third-order valence-corrected chi connectivity index (χ3v) is 3.63. The van der Waals surface area contributed by atoms with Gasteiger partial charge in [0.25, 0.3) is 11.2 Å². The lowest BCUT2D eigenvalue weighted by Gasteiger charge is -2.16. The van der Waals surface area contributed by atoms with Gasteiger partial charge in [-0.2, -0.15) is 0 Å². The predicted molar refractivity (Wildman–Crippen MR) is 83.5 cm³/mol. The molecule has 1 aromatic carbocycles. The maximum Gasteiger partial charge on any atom is 0.326 e. The number of carboxylic acid groups (broad SMARTS) is 1. The Morgan fingerprint density at radius 2 is 2.00 bits per heavy atom. The maximum atomic E-state index is 12.0. The molecule has 0 radical (unpaired) electrons. The number of benzene rings is 1. The van der Waals surface area contributed by atoms with Gasteiger partial charge in [0.15, 0.2) is 0 Å². The molecule has 2 aromatic rings. The Morgan fingerprint density at radius 3 is 2.57 bits per heavy atom. The second kappa shape index (κ2) is 6.87. The summed E-state index contributed by atoms with van der Waals surface area (Å²) in [6.45, 7) is 1.45. The lowest BCUT2D eigenvalue weighted by atomic mass is 10.0. The Balaban J connectivity index is 2.34. The van der Waals surface area contributed by atoms with Crippen LogP contribution >= 0.6 is 0 Å². The molecule has 0 fully saturated rings. The van der Waals surface area contributed by atoms with Crippen molar-refractivity contribution in [3.63, 3.8) is 0 Å². The molecule has 0 amide bonds. The summed E-state index contributed by atoms with van der Waals surface area (Å²) >= 11 is 0. The van der Waals surface area contributed by atoms with Crippen LogP contribution < -0.4 is 5.56 Å². The second-order valence-electron chi connectivity index (χ2n) is 5.22. The van der Waals surface area contributed by atoms with Gasteiger partial charge in [-0.05, 0) is 25.3 Å². The molecule has 120 valence electrons. The van der Waals surface area contributed by atoms with Crippen LogP contribution in [0, 0.1) is 17.0 Å². The van der Waals surface area contributed by atoms with E-state index in [0.717, 1.165) is 22.4 Å². The minimum atomic E-state index is -1.19. The highest BCUT2D eigenvalue weighted by Crippen LogP contribution is 2.20. The summed E-state index contributed by atoms with van der Waals surface area (Å²) in [6, 6.07) is 9.20. The Hall–Kier alpha value is -2.96. The zero-order chi connectivity index (χ0) is 17.0. The smallest absolute Gasteiger partial charge is 0.326 e. The third kappa shape index (κ3) is 3.82. The van der Waals surface area contributed by atoms with Gasteiger partial charge in [-0.3, -0.25) is 19.5 Å². The largest absolute Gasteiger partial charge is 0.480 e. The highest BCUT2D eigenvalue weighted by molar-refractivity contribution is 5.72. The third-order valence-electron chi connectivity index (χ3n) is 3.63. The van der Waals surface area contributed by atoms with E-state index in [-0.39, 0.29) is 17.7 Å². The molecule has 0 saturated carbocycles. The van der Waals surface area contributed by atoms with Crippen LogP contribution in [0.5, 0.6) is 0 Å². The van der Waals surface area contributed by atoms with Crippen molar-refractivity contribution >= 4 is 11.7 Å². The number of nitro groups is 1. The number of carboxylic acids is 1. The van der Waals surface area contributed by atoms with E-state index in [9.17, 15) is 24.8 Å². The predicted octanol–water partition coefficient (Wildman–Crippen LogP) is 2.32. The SMILES string of the molecule is Cc1cc(=O)n(C(CCc2ccccc2)C(=O)O)cc1[N+](=O)[O-]. The molecule has 2 rings (SSSR count). The van der Waals surface area contributed by atoms with Crippen molar-refractivity contribution in [2.45, 2.75) is 25.8 Å². The van der Waals surface area contributed by atoms with Crippen LogP contribution in [-0.2, 0) is 11.2 Å². The van der Waals surface area contributed by atoms with Gasteiger partial charge in [0, 0.05) is 11.6 Å². The first kappa shape index (κ1) is 16.4. The number of aromatic nitrogens is 1. The Kier molecular flexibility index (Phi) is 4.90. The molecule has 7 heteroatoms. The van der Waals surface area contributed by atoms with Crippen LogP contribution in [0.2, 0.25) is 0 Å². The van der Waals surface area contributed by atoms with Crippen molar-refractivity contribution in [1.29, 1.82) is 0 Å². The minimum Gasteiger partial charge on any atom is -0.480 e. The molecule has 0 saturated heterocycles. The first-order chi connectivity index (χ1) is 10.9. The topological polar surface area (TPSA) is 102 Å². The van der Waals surface area contributed by atoms with E-state index in [1.54, 1.807) is 0 Å². The van der Waals surface area contributed by atoms with Crippen molar-refractivity contribution in [1.82, 2.24) is 4.57 Å². The van der Waals surface area contributed by atoms with Gasteiger partial charge in [-0.1, -0.05) is 30.3 Å². The van der Waals surface area contributed by atoms with E-state index >= 15 is 0 Å². The van der Waals surface area contributed by atoms with Crippen LogP contribution in [0.4, 0.5) is 5.69 Å². The van der Waals surface area contributed by atoms with Crippen molar-refractivity contribution < 1.29 is 14.8 Å². The lowest BCUT2D eigenvalue weighted by molar-refractivity contribution is -0.386. The molecule has 0 aliphatic carbocycles. The van der Waals surface area contributed by atoms with Crippen molar-refractivity contribution in [3.8, 4) is 0 Å². The first-order valence-electron chi connectivity index (χ1n) is 7.04. The number of rotatable bonds is 6. The number of carbonyl (C=O) groups is 1. The summed E-state index contributed by atoms with van der Waals surface area (Å²) in [4.78, 5) is 33.9. The van der Waals surface area contributed by atoms with Gasteiger partial charge in [-0.25, -0.2) is 4.79 Å².